The maximum atomic E-state index is 11.7. The summed E-state index contributed by atoms with van der Waals surface area (Å²) in [5.74, 6) is -2.97. The van der Waals surface area contributed by atoms with E-state index in [9.17, 15) is 14.7 Å². The molecule has 0 saturated carbocycles. The summed E-state index contributed by atoms with van der Waals surface area (Å²) >= 11 is 0. The average molecular weight is 279 g/mol. The topological polar surface area (TPSA) is 119 Å². The fraction of sp³-hybridized carbons (Fsp3) is 0.231. The molecule has 1 heterocycles. The molecule has 1 aromatic rings. The summed E-state index contributed by atoms with van der Waals surface area (Å²) in [7, 11) is 0. The van der Waals surface area contributed by atoms with Crippen molar-refractivity contribution in [3.05, 3.63) is 41.3 Å². The first kappa shape index (κ1) is 13.7. The molecule has 0 aliphatic carbocycles. The van der Waals surface area contributed by atoms with Gasteiger partial charge in [-0.15, -0.1) is 0 Å². The maximum Gasteiger partial charge on any atom is 0.377 e. The summed E-state index contributed by atoms with van der Waals surface area (Å²) in [5, 5.41) is 18.5. The predicted molar refractivity (Wildman–Crippen MR) is 67.9 cm³/mol. The first-order chi connectivity index (χ1) is 9.50. The van der Waals surface area contributed by atoms with Gasteiger partial charge in [0.25, 0.3) is 0 Å². The van der Waals surface area contributed by atoms with E-state index < -0.39 is 29.6 Å². The van der Waals surface area contributed by atoms with Crippen molar-refractivity contribution in [1.82, 2.24) is 0 Å². The molecule has 1 aromatic carbocycles. The molecule has 20 heavy (non-hydrogen) atoms. The molecule has 1 aliphatic heterocycles. The SMILES string of the molecule is Nc1ccccc1C(=O)OCCC1OC(=O)C(O)=C1O. The number of carbonyl (C=O) groups excluding carboxylic acids is 2. The molecule has 106 valence electrons. The molecule has 2 rings (SSSR count). The lowest BCUT2D eigenvalue weighted by Crippen LogP contribution is -2.17. The number of carbonyl (C=O) groups is 2. The number of nitrogen functional groups attached to an aromatic ring is 1. The Hall–Kier alpha value is -2.70. The number of ether oxygens (including phenoxy) is 2. The average Bonchev–Trinajstić information content (AvgIpc) is 2.67. The van der Waals surface area contributed by atoms with Crippen molar-refractivity contribution in [1.29, 1.82) is 0 Å². The lowest BCUT2D eigenvalue weighted by molar-refractivity contribution is -0.142. The van der Waals surface area contributed by atoms with Crippen LogP contribution >= 0.6 is 0 Å². The Kier molecular flexibility index (Phi) is 3.79. The largest absolute Gasteiger partial charge is 0.505 e. The van der Waals surface area contributed by atoms with Crippen LogP contribution in [-0.2, 0) is 14.3 Å². The normalized spacial score (nSPS) is 18.0. The lowest BCUT2D eigenvalue weighted by atomic mass is 10.2. The van der Waals surface area contributed by atoms with E-state index in [2.05, 4.69) is 4.74 Å². The van der Waals surface area contributed by atoms with E-state index in [-0.39, 0.29) is 18.6 Å². The number of para-hydroxylation sites is 1. The minimum Gasteiger partial charge on any atom is -0.505 e. The van der Waals surface area contributed by atoms with Crippen LogP contribution in [0, 0.1) is 0 Å². The molecule has 1 aliphatic rings. The summed E-state index contributed by atoms with van der Waals surface area (Å²) in [6.07, 6.45) is -0.955. The van der Waals surface area contributed by atoms with Crippen molar-refractivity contribution >= 4 is 17.6 Å². The smallest absolute Gasteiger partial charge is 0.377 e. The van der Waals surface area contributed by atoms with Crippen LogP contribution in [0.15, 0.2) is 35.8 Å². The van der Waals surface area contributed by atoms with Gasteiger partial charge in [0, 0.05) is 12.1 Å². The molecule has 0 radical (unpaired) electrons. The Labute approximate surface area is 114 Å². The summed E-state index contributed by atoms with van der Waals surface area (Å²) in [6, 6.07) is 6.44. The zero-order chi connectivity index (χ0) is 14.7. The number of cyclic esters (lactones) is 1. The second-order valence-corrected chi connectivity index (χ2v) is 4.14. The van der Waals surface area contributed by atoms with Crippen molar-refractivity contribution in [3.63, 3.8) is 0 Å². The van der Waals surface area contributed by atoms with Gasteiger partial charge < -0.3 is 25.4 Å². The van der Waals surface area contributed by atoms with E-state index in [0.717, 1.165) is 0 Å². The number of anilines is 1. The van der Waals surface area contributed by atoms with Crippen molar-refractivity contribution < 1.29 is 29.3 Å². The highest BCUT2D eigenvalue weighted by molar-refractivity contribution is 5.95. The van der Waals surface area contributed by atoms with Crippen molar-refractivity contribution in [3.8, 4) is 0 Å². The van der Waals surface area contributed by atoms with Crippen molar-refractivity contribution in [2.24, 2.45) is 0 Å². The third-order valence-electron chi connectivity index (χ3n) is 2.78. The summed E-state index contributed by atoms with van der Waals surface area (Å²) in [4.78, 5) is 22.7. The zero-order valence-electron chi connectivity index (χ0n) is 10.4. The fourth-order valence-electron chi connectivity index (χ4n) is 1.71. The molecule has 0 aromatic heterocycles. The molecule has 1 atom stereocenters. The molecule has 7 heteroatoms. The standard InChI is InChI=1S/C13H13NO6/c14-8-4-2-1-3-7(8)12(17)19-6-5-9-10(15)11(16)13(18)20-9/h1-4,9,15-16H,5-6,14H2. The predicted octanol–water partition coefficient (Wildman–Crippen LogP) is 1.07. The van der Waals surface area contributed by atoms with Crippen LogP contribution in [0.25, 0.3) is 0 Å². The van der Waals surface area contributed by atoms with Crippen LogP contribution in [0.4, 0.5) is 5.69 Å². The van der Waals surface area contributed by atoms with E-state index in [1.165, 1.54) is 6.07 Å². The Balaban J connectivity index is 1.87. The fourth-order valence-corrected chi connectivity index (χ4v) is 1.71. The molecule has 1 unspecified atom stereocenters. The van der Waals surface area contributed by atoms with Crippen LogP contribution in [0.3, 0.4) is 0 Å². The van der Waals surface area contributed by atoms with Gasteiger partial charge in [0.1, 0.15) is 0 Å². The van der Waals surface area contributed by atoms with Gasteiger partial charge in [-0.2, -0.15) is 0 Å². The number of nitrogens with two attached hydrogens (primary N) is 1. The molecular weight excluding hydrogens is 266 g/mol. The monoisotopic (exact) mass is 279 g/mol. The van der Waals surface area contributed by atoms with Crippen LogP contribution < -0.4 is 5.73 Å². The van der Waals surface area contributed by atoms with Gasteiger partial charge >= 0.3 is 11.9 Å². The van der Waals surface area contributed by atoms with Crippen LogP contribution in [0.1, 0.15) is 16.8 Å². The lowest BCUT2D eigenvalue weighted by Gasteiger charge is -2.10. The molecule has 0 amide bonds. The van der Waals surface area contributed by atoms with E-state index in [4.69, 9.17) is 15.6 Å². The quantitative estimate of drug-likeness (QED) is 0.557. The molecule has 4 N–H and O–H groups in total. The third-order valence-corrected chi connectivity index (χ3v) is 2.78. The minimum atomic E-state index is -0.997. The second kappa shape index (κ2) is 5.52. The first-order valence-corrected chi connectivity index (χ1v) is 5.85. The third kappa shape index (κ3) is 2.66. The molecule has 0 fully saturated rings. The number of esters is 2. The van der Waals surface area contributed by atoms with Crippen LogP contribution in [0.5, 0.6) is 0 Å². The number of hydrogen-bond acceptors (Lipinski definition) is 7. The molecule has 0 spiro atoms. The van der Waals surface area contributed by atoms with Gasteiger partial charge in [0.15, 0.2) is 11.9 Å². The van der Waals surface area contributed by atoms with Crippen molar-refractivity contribution in [2.75, 3.05) is 12.3 Å². The van der Waals surface area contributed by atoms with Gasteiger partial charge in [-0.3, -0.25) is 0 Å². The number of benzene rings is 1. The van der Waals surface area contributed by atoms with E-state index >= 15 is 0 Å². The highest BCUT2D eigenvalue weighted by Crippen LogP contribution is 2.21. The second-order valence-electron chi connectivity index (χ2n) is 4.14. The Morgan fingerprint density at radius 2 is 2.05 bits per heavy atom. The Morgan fingerprint density at radius 1 is 1.35 bits per heavy atom. The van der Waals surface area contributed by atoms with E-state index in [1.807, 2.05) is 0 Å². The highest BCUT2D eigenvalue weighted by Gasteiger charge is 2.34. The zero-order valence-corrected chi connectivity index (χ0v) is 10.4. The van der Waals surface area contributed by atoms with Gasteiger partial charge in [-0.25, -0.2) is 9.59 Å². The first-order valence-electron chi connectivity index (χ1n) is 5.85. The molecule has 0 saturated heterocycles. The Bertz CT molecular complexity index is 580. The van der Waals surface area contributed by atoms with Gasteiger partial charge in [-0.05, 0) is 12.1 Å². The maximum absolute atomic E-state index is 11.7. The summed E-state index contributed by atoms with van der Waals surface area (Å²) in [6.45, 7) is -0.0948. The minimum absolute atomic E-state index is 0.0418. The number of aliphatic hydroxyl groups excluding tert-OH is 2. The van der Waals surface area contributed by atoms with Crippen molar-refractivity contribution in [2.45, 2.75) is 12.5 Å². The van der Waals surface area contributed by atoms with Gasteiger partial charge in [0.2, 0.25) is 5.76 Å². The highest BCUT2D eigenvalue weighted by atomic mass is 16.6. The van der Waals surface area contributed by atoms with E-state index in [1.54, 1.807) is 18.2 Å². The van der Waals surface area contributed by atoms with Crippen LogP contribution in [0.2, 0.25) is 0 Å². The summed E-state index contributed by atoms with van der Waals surface area (Å²) < 4.78 is 9.63. The number of rotatable bonds is 4. The summed E-state index contributed by atoms with van der Waals surface area (Å²) in [5.41, 5.74) is 6.15. The number of hydrogen-bond donors (Lipinski definition) is 3. The number of aliphatic hydroxyl groups is 2. The van der Waals surface area contributed by atoms with E-state index in [0.29, 0.717) is 5.69 Å². The molecule has 7 nitrogen and oxygen atoms in total. The van der Waals surface area contributed by atoms with Gasteiger partial charge in [-0.1, -0.05) is 12.1 Å². The van der Waals surface area contributed by atoms with Crippen LogP contribution in [-0.4, -0.2) is 34.9 Å². The Morgan fingerprint density at radius 3 is 2.65 bits per heavy atom. The molecule has 0 bridgehead atoms. The van der Waals surface area contributed by atoms with Gasteiger partial charge in [0.05, 0.1) is 12.2 Å². The molecular formula is C13H13NO6.